The Morgan fingerprint density at radius 2 is 2.32 bits per heavy atom. The first-order valence-electron chi connectivity index (χ1n) is 7.08. The fourth-order valence-corrected chi connectivity index (χ4v) is 2.44. The molecular formula is C14H24N4O. The first-order chi connectivity index (χ1) is 9.22. The van der Waals surface area contributed by atoms with Crippen LogP contribution in [0.4, 0.5) is 5.82 Å². The number of nitrogens with one attached hydrogen (secondary N) is 1. The summed E-state index contributed by atoms with van der Waals surface area (Å²) < 4.78 is 5.62. The second-order valence-corrected chi connectivity index (χ2v) is 5.09. The number of aromatic nitrogens is 2. The summed E-state index contributed by atoms with van der Waals surface area (Å²) in [7, 11) is 2.07. The van der Waals surface area contributed by atoms with Crippen LogP contribution in [0, 0.1) is 0 Å². The van der Waals surface area contributed by atoms with Gasteiger partial charge in [-0.15, -0.1) is 0 Å². The normalized spacial score (nSPS) is 22.7. The molecule has 1 aliphatic rings. The summed E-state index contributed by atoms with van der Waals surface area (Å²) in [4.78, 5) is 11.2. The molecule has 106 valence electrons. The minimum atomic E-state index is 0.258. The van der Waals surface area contributed by atoms with Crippen LogP contribution in [0.25, 0.3) is 0 Å². The highest BCUT2D eigenvalue weighted by atomic mass is 16.5. The molecule has 0 radical (unpaired) electrons. The first-order valence-corrected chi connectivity index (χ1v) is 7.08. The number of rotatable bonds is 6. The molecule has 19 heavy (non-hydrogen) atoms. The smallest absolute Gasteiger partial charge is 0.147 e. The van der Waals surface area contributed by atoms with E-state index < -0.39 is 0 Å². The Kier molecular flexibility index (Phi) is 5.10. The molecule has 0 spiro atoms. The Labute approximate surface area is 115 Å². The van der Waals surface area contributed by atoms with E-state index in [1.807, 2.05) is 12.4 Å². The summed E-state index contributed by atoms with van der Waals surface area (Å²) >= 11 is 0. The van der Waals surface area contributed by atoms with Crippen LogP contribution in [0.15, 0.2) is 12.4 Å². The zero-order chi connectivity index (χ0) is 13.7. The van der Waals surface area contributed by atoms with Crippen LogP contribution in [0.1, 0.15) is 32.4 Å². The number of hydrogen-bond donors (Lipinski definition) is 1. The van der Waals surface area contributed by atoms with Gasteiger partial charge in [-0.3, -0.25) is 4.98 Å². The van der Waals surface area contributed by atoms with Crippen molar-refractivity contribution in [2.45, 2.75) is 45.4 Å². The van der Waals surface area contributed by atoms with Gasteiger partial charge in [-0.1, -0.05) is 6.92 Å². The van der Waals surface area contributed by atoms with Gasteiger partial charge >= 0.3 is 0 Å². The predicted octanol–water partition coefficient (Wildman–Crippen LogP) is 1.59. The lowest BCUT2D eigenvalue weighted by atomic mass is 10.1. The first kappa shape index (κ1) is 14.2. The van der Waals surface area contributed by atoms with Crippen LogP contribution < -0.4 is 10.2 Å². The van der Waals surface area contributed by atoms with E-state index in [9.17, 15) is 0 Å². The van der Waals surface area contributed by atoms with Crippen molar-refractivity contribution in [3.05, 3.63) is 18.1 Å². The average Bonchev–Trinajstić information content (AvgIpc) is 2.85. The van der Waals surface area contributed by atoms with Gasteiger partial charge in [0, 0.05) is 26.4 Å². The van der Waals surface area contributed by atoms with Gasteiger partial charge in [0.05, 0.1) is 24.0 Å². The van der Waals surface area contributed by atoms with Crippen LogP contribution >= 0.6 is 0 Å². The Balaban J connectivity index is 2.01. The zero-order valence-electron chi connectivity index (χ0n) is 12.1. The number of ether oxygens (including phenoxy) is 1. The highest BCUT2D eigenvalue weighted by Gasteiger charge is 2.28. The summed E-state index contributed by atoms with van der Waals surface area (Å²) in [6.07, 6.45) is 6.10. The molecule has 2 rings (SSSR count). The van der Waals surface area contributed by atoms with Gasteiger partial charge in [-0.05, 0) is 26.3 Å². The second-order valence-electron chi connectivity index (χ2n) is 5.09. The van der Waals surface area contributed by atoms with Crippen molar-refractivity contribution in [2.75, 3.05) is 25.1 Å². The molecule has 1 aromatic rings. The maximum atomic E-state index is 5.62. The maximum absolute atomic E-state index is 5.62. The average molecular weight is 264 g/mol. The Hall–Kier alpha value is -1.20. The molecule has 1 saturated heterocycles. The van der Waals surface area contributed by atoms with E-state index in [1.165, 1.54) is 0 Å². The molecule has 2 heterocycles. The van der Waals surface area contributed by atoms with E-state index in [4.69, 9.17) is 4.74 Å². The summed E-state index contributed by atoms with van der Waals surface area (Å²) in [5.74, 6) is 0.929. The quantitative estimate of drug-likeness (QED) is 0.791. The van der Waals surface area contributed by atoms with Gasteiger partial charge in [-0.25, -0.2) is 4.98 Å². The molecule has 1 aromatic heterocycles. The Bertz CT molecular complexity index is 399. The van der Waals surface area contributed by atoms with Gasteiger partial charge in [0.15, 0.2) is 0 Å². The van der Waals surface area contributed by atoms with Crippen molar-refractivity contribution in [3.8, 4) is 0 Å². The molecular weight excluding hydrogens is 240 g/mol. The molecule has 2 unspecified atom stereocenters. The Morgan fingerprint density at radius 1 is 1.47 bits per heavy atom. The van der Waals surface area contributed by atoms with Gasteiger partial charge in [0.2, 0.25) is 0 Å². The summed E-state index contributed by atoms with van der Waals surface area (Å²) in [6, 6.07) is 0.396. The van der Waals surface area contributed by atoms with E-state index in [0.717, 1.165) is 44.0 Å². The van der Waals surface area contributed by atoms with E-state index in [-0.39, 0.29) is 6.10 Å². The maximum Gasteiger partial charge on any atom is 0.147 e. The van der Waals surface area contributed by atoms with Crippen molar-refractivity contribution in [1.82, 2.24) is 15.3 Å². The number of nitrogens with zero attached hydrogens (tertiary/aromatic N) is 3. The SMILES string of the molecule is CCCNCc1cncc(N(C)C2CCOC2C)n1. The fraction of sp³-hybridized carbons (Fsp3) is 0.714. The van der Waals surface area contributed by atoms with Crippen LogP contribution in [0.2, 0.25) is 0 Å². The topological polar surface area (TPSA) is 50.3 Å². The second kappa shape index (κ2) is 6.82. The predicted molar refractivity (Wildman–Crippen MR) is 76.3 cm³/mol. The summed E-state index contributed by atoms with van der Waals surface area (Å²) in [5, 5.41) is 3.35. The molecule has 1 N–H and O–H groups in total. The molecule has 0 bridgehead atoms. The Morgan fingerprint density at radius 3 is 3.00 bits per heavy atom. The highest BCUT2D eigenvalue weighted by Crippen LogP contribution is 2.22. The minimum absolute atomic E-state index is 0.258. The van der Waals surface area contributed by atoms with E-state index in [0.29, 0.717) is 6.04 Å². The molecule has 0 saturated carbocycles. The largest absolute Gasteiger partial charge is 0.376 e. The zero-order valence-corrected chi connectivity index (χ0v) is 12.1. The van der Waals surface area contributed by atoms with Crippen LogP contribution in [-0.4, -0.2) is 42.3 Å². The molecule has 5 nitrogen and oxygen atoms in total. The molecule has 2 atom stereocenters. The fourth-order valence-electron chi connectivity index (χ4n) is 2.44. The number of hydrogen-bond acceptors (Lipinski definition) is 5. The third kappa shape index (κ3) is 3.64. The van der Waals surface area contributed by atoms with E-state index in [1.54, 1.807) is 0 Å². The van der Waals surface area contributed by atoms with Crippen LogP contribution in [0.5, 0.6) is 0 Å². The van der Waals surface area contributed by atoms with Crippen molar-refractivity contribution in [2.24, 2.45) is 0 Å². The van der Waals surface area contributed by atoms with Crippen molar-refractivity contribution >= 4 is 5.82 Å². The molecule has 0 aliphatic carbocycles. The van der Waals surface area contributed by atoms with E-state index >= 15 is 0 Å². The number of likely N-dealkylation sites (N-methyl/N-ethyl adjacent to an activating group) is 1. The lowest BCUT2D eigenvalue weighted by Gasteiger charge is -2.27. The lowest BCUT2D eigenvalue weighted by Crippen LogP contribution is -2.37. The third-order valence-electron chi connectivity index (χ3n) is 3.60. The van der Waals surface area contributed by atoms with Crippen molar-refractivity contribution < 1.29 is 4.74 Å². The standard InChI is InChI=1S/C14H24N4O/c1-4-6-15-8-12-9-16-10-14(17-12)18(3)13-5-7-19-11(13)2/h9-11,13,15H,4-8H2,1-3H3. The van der Waals surface area contributed by atoms with Crippen LogP contribution in [-0.2, 0) is 11.3 Å². The van der Waals surface area contributed by atoms with Crippen molar-refractivity contribution in [1.29, 1.82) is 0 Å². The van der Waals surface area contributed by atoms with Gasteiger partial charge in [-0.2, -0.15) is 0 Å². The molecule has 5 heteroatoms. The summed E-state index contributed by atoms with van der Waals surface area (Å²) in [5.41, 5.74) is 0.990. The lowest BCUT2D eigenvalue weighted by molar-refractivity contribution is 0.118. The molecule has 1 aliphatic heterocycles. The third-order valence-corrected chi connectivity index (χ3v) is 3.60. The molecule has 0 amide bonds. The molecule has 1 fully saturated rings. The van der Waals surface area contributed by atoms with Gasteiger partial charge in [0.1, 0.15) is 5.82 Å². The van der Waals surface area contributed by atoms with Crippen LogP contribution in [0.3, 0.4) is 0 Å². The minimum Gasteiger partial charge on any atom is -0.376 e. The van der Waals surface area contributed by atoms with Crippen molar-refractivity contribution in [3.63, 3.8) is 0 Å². The number of anilines is 1. The van der Waals surface area contributed by atoms with Gasteiger partial charge in [0.25, 0.3) is 0 Å². The van der Waals surface area contributed by atoms with E-state index in [2.05, 4.69) is 41.1 Å². The monoisotopic (exact) mass is 264 g/mol. The highest BCUT2D eigenvalue weighted by molar-refractivity contribution is 5.37. The molecule has 0 aromatic carbocycles. The van der Waals surface area contributed by atoms with Gasteiger partial charge < -0.3 is 15.0 Å². The summed E-state index contributed by atoms with van der Waals surface area (Å²) in [6.45, 7) is 6.90.